The molecule has 0 unspecified atom stereocenters. The van der Waals surface area contributed by atoms with Crippen molar-refractivity contribution < 1.29 is 65.7 Å². The summed E-state index contributed by atoms with van der Waals surface area (Å²) in [5.41, 5.74) is 1.76. The summed E-state index contributed by atoms with van der Waals surface area (Å²) in [4.78, 5) is 15.8. The van der Waals surface area contributed by atoms with E-state index in [1.807, 2.05) is 0 Å². The number of carbonyl (C=O) groups is 1. The van der Waals surface area contributed by atoms with Crippen LogP contribution >= 0.6 is 11.6 Å². The Morgan fingerprint density at radius 3 is 2.71 bits per heavy atom. The molecule has 2 heterocycles. The number of aryl methyl sites for hydroxylation is 1. The SMILES string of the molecule is Cc1c(Cl)ccc2c(C(=O)[O-])cc(-c3ccco3)nc12.[K+]. The average molecular weight is 326 g/mol. The Labute approximate surface area is 168 Å². The zero-order chi connectivity index (χ0) is 14.3. The molecule has 21 heavy (non-hydrogen) atoms. The summed E-state index contributed by atoms with van der Waals surface area (Å²) in [5, 5.41) is 12.4. The smallest absolute Gasteiger partial charge is 0.545 e. The zero-order valence-electron chi connectivity index (χ0n) is 11.5. The van der Waals surface area contributed by atoms with E-state index in [1.54, 1.807) is 31.2 Å². The van der Waals surface area contributed by atoms with Crippen LogP contribution in [0.4, 0.5) is 0 Å². The van der Waals surface area contributed by atoms with E-state index < -0.39 is 5.97 Å². The van der Waals surface area contributed by atoms with Crippen LogP contribution in [0.1, 0.15) is 15.9 Å². The van der Waals surface area contributed by atoms with Crippen molar-refractivity contribution in [2.24, 2.45) is 0 Å². The normalized spacial score (nSPS) is 10.4. The molecule has 4 nitrogen and oxygen atoms in total. The van der Waals surface area contributed by atoms with Crippen molar-refractivity contribution in [1.82, 2.24) is 4.98 Å². The van der Waals surface area contributed by atoms with Crippen LogP contribution in [0, 0.1) is 6.92 Å². The minimum Gasteiger partial charge on any atom is -0.545 e. The number of carboxylic acid groups (broad SMARTS) is 1. The van der Waals surface area contributed by atoms with Gasteiger partial charge in [0.15, 0.2) is 5.76 Å². The molecule has 3 aromatic rings. The number of fused-ring (bicyclic) bond motifs is 1. The van der Waals surface area contributed by atoms with E-state index in [0.717, 1.165) is 5.56 Å². The Hall–Kier alpha value is -0.694. The van der Waals surface area contributed by atoms with Gasteiger partial charge in [0, 0.05) is 16.0 Å². The Bertz CT molecular complexity index is 815. The number of carboxylic acids is 1. The van der Waals surface area contributed by atoms with Crippen LogP contribution in [0.2, 0.25) is 5.02 Å². The molecule has 0 spiro atoms. The van der Waals surface area contributed by atoms with Gasteiger partial charge in [-0.3, -0.25) is 0 Å². The van der Waals surface area contributed by atoms with Gasteiger partial charge in [-0.2, -0.15) is 0 Å². The molecular weight excluding hydrogens is 317 g/mol. The number of hydrogen-bond acceptors (Lipinski definition) is 4. The topological polar surface area (TPSA) is 66.2 Å². The summed E-state index contributed by atoms with van der Waals surface area (Å²) < 4.78 is 5.26. The monoisotopic (exact) mass is 325 g/mol. The third-order valence-corrected chi connectivity index (χ3v) is 3.57. The molecule has 0 aliphatic carbocycles. The van der Waals surface area contributed by atoms with Gasteiger partial charge in [-0.05, 0) is 36.8 Å². The number of furan rings is 1. The van der Waals surface area contributed by atoms with Crippen LogP contribution in [0.15, 0.2) is 41.0 Å². The van der Waals surface area contributed by atoms with Crippen LogP contribution in [0.25, 0.3) is 22.4 Å². The molecular formula is C15H9ClKNO3. The molecule has 0 atom stereocenters. The maximum Gasteiger partial charge on any atom is 1.00 e. The second-order valence-corrected chi connectivity index (χ2v) is 4.80. The van der Waals surface area contributed by atoms with Crippen molar-refractivity contribution in [3.05, 3.63) is 52.7 Å². The molecule has 0 radical (unpaired) electrons. The van der Waals surface area contributed by atoms with Gasteiger partial charge in [0.25, 0.3) is 0 Å². The fraction of sp³-hybridized carbons (Fsp3) is 0.0667. The van der Waals surface area contributed by atoms with E-state index in [0.29, 0.717) is 27.4 Å². The number of carbonyl (C=O) groups excluding carboxylic acids is 1. The van der Waals surface area contributed by atoms with Crippen LogP contribution in [-0.4, -0.2) is 11.0 Å². The van der Waals surface area contributed by atoms with Gasteiger partial charge < -0.3 is 14.3 Å². The number of rotatable bonds is 2. The first kappa shape index (κ1) is 16.7. The molecule has 0 saturated carbocycles. The summed E-state index contributed by atoms with van der Waals surface area (Å²) >= 11 is 6.07. The molecule has 2 aromatic heterocycles. The number of halogens is 1. The van der Waals surface area contributed by atoms with Gasteiger partial charge in [-0.1, -0.05) is 17.7 Å². The molecule has 0 bridgehead atoms. The van der Waals surface area contributed by atoms with Gasteiger partial charge in [0.05, 0.1) is 17.7 Å². The number of benzene rings is 1. The standard InChI is InChI=1S/C15H10ClNO3.K/c1-8-11(16)5-4-9-10(15(18)19)7-12(17-14(8)9)13-3-2-6-20-13;/h2-7H,1H3,(H,18,19);/q;+1/p-1. The first-order valence-electron chi connectivity index (χ1n) is 5.93. The quantitative estimate of drug-likeness (QED) is 0.613. The minimum absolute atomic E-state index is 0. The van der Waals surface area contributed by atoms with E-state index in [1.165, 1.54) is 12.3 Å². The molecule has 1 aromatic carbocycles. The molecule has 100 valence electrons. The molecule has 0 fully saturated rings. The first-order chi connectivity index (χ1) is 9.58. The van der Waals surface area contributed by atoms with Crippen molar-refractivity contribution in [3.63, 3.8) is 0 Å². The molecule has 0 aliphatic heterocycles. The second kappa shape index (κ2) is 6.60. The summed E-state index contributed by atoms with van der Waals surface area (Å²) in [5.74, 6) is -0.763. The number of aromatic carboxylic acids is 1. The fourth-order valence-corrected chi connectivity index (χ4v) is 2.28. The number of pyridine rings is 1. The number of aromatic nitrogens is 1. The molecule has 0 aliphatic rings. The van der Waals surface area contributed by atoms with E-state index in [2.05, 4.69) is 4.98 Å². The third-order valence-electron chi connectivity index (χ3n) is 3.16. The van der Waals surface area contributed by atoms with E-state index in [-0.39, 0.29) is 56.9 Å². The third kappa shape index (κ3) is 3.08. The van der Waals surface area contributed by atoms with E-state index in [9.17, 15) is 9.90 Å². The summed E-state index contributed by atoms with van der Waals surface area (Å²) in [7, 11) is 0. The molecule has 0 N–H and O–H groups in total. The molecule has 0 saturated heterocycles. The van der Waals surface area contributed by atoms with E-state index in [4.69, 9.17) is 16.0 Å². The minimum atomic E-state index is -1.26. The Morgan fingerprint density at radius 2 is 2.10 bits per heavy atom. The van der Waals surface area contributed by atoms with Gasteiger partial charge in [-0.15, -0.1) is 0 Å². The van der Waals surface area contributed by atoms with Crippen LogP contribution in [-0.2, 0) is 0 Å². The van der Waals surface area contributed by atoms with Crippen molar-refractivity contribution in [2.75, 3.05) is 0 Å². The summed E-state index contributed by atoms with van der Waals surface area (Å²) in [6.45, 7) is 1.79. The van der Waals surface area contributed by atoms with Crippen molar-refractivity contribution in [1.29, 1.82) is 0 Å². The maximum atomic E-state index is 11.3. The second-order valence-electron chi connectivity index (χ2n) is 4.39. The van der Waals surface area contributed by atoms with Crippen LogP contribution in [0.3, 0.4) is 0 Å². The zero-order valence-corrected chi connectivity index (χ0v) is 15.4. The first-order valence-corrected chi connectivity index (χ1v) is 6.31. The summed E-state index contributed by atoms with van der Waals surface area (Å²) in [6, 6.07) is 8.16. The molecule has 3 rings (SSSR count). The number of hydrogen-bond donors (Lipinski definition) is 0. The van der Waals surface area contributed by atoms with Crippen molar-refractivity contribution in [2.45, 2.75) is 6.92 Å². The predicted molar refractivity (Wildman–Crippen MR) is 73.5 cm³/mol. The Kier molecular flexibility index (Phi) is 5.24. The van der Waals surface area contributed by atoms with Crippen molar-refractivity contribution in [3.8, 4) is 11.5 Å². The fourth-order valence-electron chi connectivity index (χ4n) is 2.12. The molecule has 0 amide bonds. The van der Waals surface area contributed by atoms with Gasteiger partial charge in [0.2, 0.25) is 0 Å². The Morgan fingerprint density at radius 1 is 1.33 bits per heavy atom. The molecule has 6 heteroatoms. The Balaban J connectivity index is 0.00000161. The van der Waals surface area contributed by atoms with Crippen LogP contribution in [0.5, 0.6) is 0 Å². The van der Waals surface area contributed by atoms with Crippen LogP contribution < -0.4 is 56.5 Å². The summed E-state index contributed by atoms with van der Waals surface area (Å²) in [6.07, 6.45) is 1.50. The van der Waals surface area contributed by atoms with Gasteiger partial charge in [0.1, 0.15) is 5.69 Å². The largest absolute Gasteiger partial charge is 1.00 e. The van der Waals surface area contributed by atoms with E-state index >= 15 is 0 Å². The number of nitrogens with zero attached hydrogens (tertiary/aromatic N) is 1. The van der Waals surface area contributed by atoms with Crippen molar-refractivity contribution >= 4 is 28.5 Å². The van der Waals surface area contributed by atoms with Gasteiger partial charge >= 0.3 is 51.4 Å². The van der Waals surface area contributed by atoms with Gasteiger partial charge in [-0.25, -0.2) is 4.98 Å². The maximum absolute atomic E-state index is 11.3. The average Bonchev–Trinajstić information content (AvgIpc) is 2.96. The predicted octanol–water partition coefficient (Wildman–Crippen LogP) is -0.176.